The maximum absolute atomic E-state index is 13.3. The summed E-state index contributed by atoms with van der Waals surface area (Å²) in [4.78, 5) is 13.3. The number of carbonyl (C=O) groups excluding carboxylic acids is 1. The van der Waals surface area contributed by atoms with Gasteiger partial charge in [0.05, 0.1) is 25.1 Å². The molecular formula is C23H31ClN2O4S. The summed E-state index contributed by atoms with van der Waals surface area (Å²) in [5.41, 5.74) is 3.03. The van der Waals surface area contributed by atoms with Crippen molar-refractivity contribution in [2.45, 2.75) is 52.6 Å². The lowest BCUT2D eigenvalue weighted by atomic mass is 10.0. The largest absolute Gasteiger partial charge is 0.496 e. The van der Waals surface area contributed by atoms with Crippen molar-refractivity contribution in [2.24, 2.45) is 0 Å². The number of methoxy groups -OCH3 is 1. The highest BCUT2D eigenvalue weighted by Crippen LogP contribution is 2.30. The average Bonchev–Trinajstić information content (AvgIpc) is 2.71. The lowest BCUT2D eigenvalue weighted by Crippen LogP contribution is -2.50. The van der Waals surface area contributed by atoms with Gasteiger partial charge in [0.15, 0.2) is 0 Å². The molecule has 170 valence electrons. The van der Waals surface area contributed by atoms with E-state index >= 15 is 0 Å². The standard InChI is InChI=1S/C23H31ClN2O4S/c1-7-19(17-10-12-22(30-5)16(4)13-17)25-23(27)20(8-2)26(31(6,28)29)21-14-18(24)11-9-15(21)3/h9-14,19-20H,7-8H2,1-6H3,(H,25,27). The third-order valence-electron chi connectivity index (χ3n) is 5.28. The van der Waals surface area contributed by atoms with Gasteiger partial charge in [-0.1, -0.05) is 43.6 Å². The van der Waals surface area contributed by atoms with Crippen molar-refractivity contribution in [2.75, 3.05) is 17.7 Å². The molecule has 0 heterocycles. The lowest BCUT2D eigenvalue weighted by molar-refractivity contribution is -0.123. The Kier molecular flexibility index (Phi) is 8.37. The van der Waals surface area contributed by atoms with E-state index in [2.05, 4.69) is 5.32 Å². The summed E-state index contributed by atoms with van der Waals surface area (Å²) in [6, 6.07) is 9.62. The highest BCUT2D eigenvalue weighted by atomic mass is 35.5. The van der Waals surface area contributed by atoms with E-state index in [4.69, 9.17) is 16.3 Å². The van der Waals surface area contributed by atoms with Crippen molar-refractivity contribution < 1.29 is 17.9 Å². The van der Waals surface area contributed by atoms with E-state index in [1.165, 1.54) is 4.31 Å². The van der Waals surface area contributed by atoms with Gasteiger partial charge in [0.25, 0.3) is 0 Å². The molecule has 0 spiro atoms. The first-order valence-corrected chi connectivity index (χ1v) is 12.5. The van der Waals surface area contributed by atoms with Crippen molar-refractivity contribution in [1.29, 1.82) is 0 Å². The van der Waals surface area contributed by atoms with E-state index < -0.39 is 16.1 Å². The first-order valence-electron chi connectivity index (χ1n) is 10.2. The highest BCUT2D eigenvalue weighted by molar-refractivity contribution is 7.92. The summed E-state index contributed by atoms with van der Waals surface area (Å²) in [7, 11) is -2.12. The van der Waals surface area contributed by atoms with E-state index in [1.54, 1.807) is 39.2 Å². The molecule has 0 fully saturated rings. The van der Waals surface area contributed by atoms with Gasteiger partial charge in [-0.25, -0.2) is 8.42 Å². The fourth-order valence-corrected chi connectivity index (χ4v) is 5.09. The van der Waals surface area contributed by atoms with Crippen LogP contribution >= 0.6 is 11.6 Å². The van der Waals surface area contributed by atoms with Crippen LogP contribution in [0.4, 0.5) is 5.69 Å². The monoisotopic (exact) mass is 466 g/mol. The van der Waals surface area contributed by atoms with Crippen LogP contribution in [0.2, 0.25) is 5.02 Å². The van der Waals surface area contributed by atoms with Gasteiger partial charge in [-0.3, -0.25) is 9.10 Å². The Bertz CT molecular complexity index is 1040. The number of amides is 1. The summed E-state index contributed by atoms with van der Waals surface area (Å²) in [6.07, 6.45) is 2.07. The number of carbonyl (C=O) groups is 1. The van der Waals surface area contributed by atoms with Crippen LogP contribution < -0.4 is 14.4 Å². The summed E-state index contributed by atoms with van der Waals surface area (Å²) >= 11 is 6.13. The predicted molar refractivity (Wildman–Crippen MR) is 126 cm³/mol. The van der Waals surface area contributed by atoms with Crippen LogP contribution in [-0.2, 0) is 14.8 Å². The second-order valence-corrected chi connectivity index (χ2v) is 9.91. The van der Waals surface area contributed by atoms with E-state index in [1.807, 2.05) is 32.0 Å². The zero-order valence-electron chi connectivity index (χ0n) is 18.9. The molecule has 1 N–H and O–H groups in total. The molecule has 2 rings (SSSR count). The van der Waals surface area contributed by atoms with Gasteiger partial charge in [-0.05, 0) is 61.6 Å². The molecule has 2 unspecified atom stereocenters. The quantitative estimate of drug-likeness (QED) is 0.577. The zero-order valence-corrected chi connectivity index (χ0v) is 20.5. The fourth-order valence-electron chi connectivity index (χ4n) is 3.66. The van der Waals surface area contributed by atoms with Gasteiger partial charge in [0.1, 0.15) is 11.8 Å². The minimum absolute atomic E-state index is 0.256. The van der Waals surface area contributed by atoms with Crippen LogP contribution in [0, 0.1) is 13.8 Å². The molecule has 6 nitrogen and oxygen atoms in total. The molecule has 0 aliphatic heterocycles. The Morgan fingerprint density at radius 1 is 1.10 bits per heavy atom. The second kappa shape index (κ2) is 10.4. The second-order valence-electron chi connectivity index (χ2n) is 7.61. The number of sulfonamides is 1. The molecule has 0 radical (unpaired) electrons. The first kappa shape index (κ1) is 25.0. The van der Waals surface area contributed by atoms with Crippen molar-refractivity contribution in [3.63, 3.8) is 0 Å². The number of benzene rings is 2. The van der Waals surface area contributed by atoms with Crippen LogP contribution in [-0.4, -0.2) is 33.7 Å². The SMILES string of the molecule is CCC(NC(=O)C(CC)N(c1cc(Cl)ccc1C)S(C)(=O)=O)c1ccc(OC)c(C)c1. The number of halogens is 1. The molecule has 0 aliphatic rings. The first-order chi connectivity index (χ1) is 14.5. The number of aryl methyl sites for hydroxylation is 2. The number of anilines is 1. The molecule has 2 aromatic rings. The number of ether oxygens (including phenoxy) is 1. The Morgan fingerprint density at radius 3 is 2.29 bits per heavy atom. The van der Waals surface area contributed by atoms with Gasteiger partial charge in [0, 0.05) is 5.02 Å². The molecule has 0 saturated carbocycles. The molecule has 0 aromatic heterocycles. The van der Waals surface area contributed by atoms with E-state index in [0.29, 0.717) is 23.6 Å². The number of rotatable bonds is 9. The van der Waals surface area contributed by atoms with Crippen LogP contribution in [0.15, 0.2) is 36.4 Å². The van der Waals surface area contributed by atoms with E-state index in [0.717, 1.165) is 28.7 Å². The fraction of sp³-hybridized carbons (Fsp3) is 0.435. The minimum atomic E-state index is -3.74. The predicted octanol–water partition coefficient (Wildman–Crippen LogP) is 4.78. The van der Waals surface area contributed by atoms with Crippen LogP contribution in [0.1, 0.15) is 49.4 Å². The van der Waals surface area contributed by atoms with Crippen LogP contribution in [0.5, 0.6) is 5.75 Å². The smallest absolute Gasteiger partial charge is 0.244 e. The van der Waals surface area contributed by atoms with Gasteiger partial charge >= 0.3 is 0 Å². The van der Waals surface area contributed by atoms with E-state index in [9.17, 15) is 13.2 Å². The summed E-state index contributed by atoms with van der Waals surface area (Å²) in [5.74, 6) is 0.420. The van der Waals surface area contributed by atoms with Gasteiger partial charge < -0.3 is 10.1 Å². The Morgan fingerprint density at radius 2 is 1.77 bits per heavy atom. The highest BCUT2D eigenvalue weighted by Gasteiger charge is 2.33. The number of nitrogens with zero attached hydrogens (tertiary/aromatic N) is 1. The third kappa shape index (κ3) is 5.92. The normalized spacial score (nSPS) is 13.4. The number of hydrogen-bond donors (Lipinski definition) is 1. The maximum Gasteiger partial charge on any atom is 0.244 e. The number of nitrogens with one attached hydrogen (secondary N) is 1. The van der Waals surface area contributed by atoms with Crippen LogP contribution in [0.3, 0.4) is 0 Å². The maximum atomic E-state index is 13.3. The molecule has 2 aromatic carbocycles. The number of hydrogen-bond acceptors (Lipinski definition) is 4. The third-order valence-corrected chi connectivity index (χ3v) is 6.69. The van der Waals surface area contributed by atoms with Gasteiger partial charge in [-0.2, -0.15) is 0 Å². The van der Waals surface area contributed by atoms with Crippen molar-refractivity contribution in [1.82, 2.24) is 5.32 Å². The molecule has 8 heteroatoms. The molecule has 0 bridgehead atoms. The van der Waals surface area contributed by atoms with Gasteiger partial charge in [-0.15, -0.1) is 0 Å². The summed E-state index contributed by atoms with van der Waals surface area (Å²) in [5, 5.41) is 3.44. The van der Waals surface area contributed by atoms with Crippen molar-refractivity contribution in [3.05, 3.63) is 58.1 Å². The Hall–Kier alpha value is -2.25. The molecule has 31 heavy (non-hydrogen) atoms. The topological polar surface area (TPSA) is 75.7 Å². The Balaban J connectivity index is 2.41. The summed E-state index contributed by atoms with van der Waals surface area (Å²) in [6.45, 7) is 7.50. The van der Waals surface area contributed by atoms with Crippen LogP contribution in [0.25, 0.3) is 0 Å². The minimum Gasteiger partial charge on any atom is -0.496 e. The summed E-state index contributed by atoms with van der Waals surface area (Å²) < 4.78 is 32.0. The lowest BCUT2D eigenvalue weighted by Gasteiger charge is -2.32. The van der Waals surface area contributed by atoms with Crippen molar-refractivity contribution >= 4 is 33.2 Å². The zero-order chi connectivity index (χ0) is 23.3. The molecule has 0 saturated heterocycles. The average molecular weight is 467 g/mol. The molecular weight excluding hydrogens is 436 g/mol. The molecule has 1 amide bonds. The van der Waals surface area contributed by atoms with Crippen molar-refractivity contribution in [3.8, 4) is 5.75 Å². The van der Waals surface area contributed by atoms with E-state index in [-0.39, 0.29) is 11.9 Å². The molecule has 2 atom stereocenters. The van der Waals surface area contributed by atoms with Gasteiger partial charge in [0.2, 0.25) is 15.9 Å². The Labute approximate surface area is 190 Å². The molecule has 0 aliphatic carbocycles.